The zero-order chi connectivity index (χ0) is 13.8. The summed E-state index contributed by atoms with van der Waals surface area (Å²) in [6, 6.07) is 1.20. The number of hydrogen-bond donors (Lipinski definition) is 3. The van der Waals surface area contributed by atoms with Crippen LogP contribution < -0.4 is 10.0 Å². The first kappa shape index (κ1) is 15.1. The van der Waals surface area contributed by atoms with Crippen molar-refractivity contribution < 1.29 is 18.3 Å². The summed E-state index contributed by atoms with van der Waals surface area (Å²) in [7, 11) is -1.83. The van der Waals surface area contributed by atoms with E-state index < -0.39 is 16.0 Å². The lowest BCUT2D eigenvalue weighted by atomic mass is 10.4. The lowest BCUT2D eigenvalue weighted by Gasteiger charge is -2.05. The number of carboxylic acid groups (broad SMARTS) is 1. The van der Waals surface area contributed by atoms with Crippen LogP contribution in [0.2, 0.25) is 0 Å². The van der Waals surface area contributed by atoms with E-state index >= 15 is 0 Å². The molecule has 0 radical (unpaired) electrons. The third kappa shape index (κ3) is 3.77. The van der Waals surface area contributed by atoms with Crippen molar-refractivity contribution in [3.63, 3.8) is 0 Å². The number of aryl methyl sites for hydroxylation is 1. The average molecular weight is 292 g/mol. The normalized spacial score (nSPS) is 11.7. The molecule has 1 heterocycles. The van der Waals surface area contributed by atoms with Gasteiger partial charge in [0, 0.05) is 11.4 Å². The SMILES string of the molecule is CNCCCNS(=O)(=O)c1cc(C(=O)O)sc1C. The predicted octanol–water partition coefficient (Wildman–Crippen LogP) is 0.643. The number of carbonyl (C=O) groups is 1. The van der Waals surface area contributed by atoms with Crippen LogP contribution in [0, 0.1) is 6.92 Å². The Morgan fingerprint density at radius 3 is 2.61 bits per heavy atom. The minimum absolute atomic E-state index is 0.0306. The number of aromatic carboxylic acids is 1. The summed E-state index contributed by atoms with van der Waals surface area (Å²) >= 11 is 0.962. The van der Waals surface area contributed by atoms with Crippen molar-refractivity contribution in [1.82, 2.24) is 10.0 Å². The number of rotatable bonds is 7. The topological polar surface area (TPSA) is 95.5 Å². The Balaban J connectivity index is 2.81. The summed E-state index contributed by atoms with van der Waals surface area (Å²) in [5, 5.41) is 11.7. The fourth-order valence-electron chi connectivity index (χ4n) is 1.39. The summed E-state index contributed by atoms with van der Waals surface area (Å²) in [6.07, 6.45) is 0.671. The first-order chi connectivity index (χ1) is 8.38. The van der Waals surface area contributed by atoms with Crippen molar-refractivity contribution in [1.29, 1.82) is 0 Å². The number of sulfonamides is 1. The highest BCUT2D eigenvalue weighted by molar-refractivity contribution is 7.89. The summed E-state index contributed by atoms with van der Waals surface area (Å²) in [5.74, 6) is -1.11. The fraction of sp³-hybridized carbons (Fsp3) is 0.500. The van der Waals surface area contributed by atoms with E-state index in [-0.39, 0.29) is 9.77 Å². The second-order valence-corrected chi connectivity index (χ2v) is 6.68. The standard InChI is InChI=1S/C10H16N2O4S2/c1-7-9(6-8(17-7)10(13)14)18(15,16)12-5-3-4-11-2/h6,11-12H,3-5H2,1-2H3,(H,13,14). The number of nitrogens with one attached hydrogen (secondary N) is 2. The van der Waals surface area contributed by atoms with Gasteiger partial charge in [-0.3, -0.25) is 0 Å². The molecular formula is C10H16N2O4S2. The molecule has 0 saturated heterocycles. The zero-order valence-electron chi connectivity index (χ0n) is 10.2. The molecule has 0 amide bonds. The first-order valence-electron chi connectivity index (χ1n) is 5.36. The highest BCUT2D eigenvalue weighted by Gasteiger charge is 2.21. The van der Waals surface area contributed by atoms with E-state index in [1.54, 1.807) is 14.0 Å². The van der Waals surface area contributed by atoms with E-state index in [9.17, 15) is 13.2 Å². The molecule has 0 aromatic carbocycles. The van der Waals surface area contributed by atoms with Crippen LogP contribution in [0.1, 0.15) is 21.0 Å². The van der Waals surface area contributed by atoms with Crippen LogP contribution in [0.3, 0.4) is 0 Å². The van der Waals surface area contributed by atoms with Gasteiger partial charge in [-0.15, -0.1) is 11.3 Å². The van der Waals surface area contributed by atoms with E-state index in [2.05, 4.69) is 10.0 Å². The van der Waals surface area contributed by atoms with Gasteiger partial charge in [0.15, 0.2) is 0 Å². The van der Waals surface area contributed by atoms with E-state index in [0.29, 0.717) is 24.4 Å². The molecule has 0 aliphatic heterocycles. The molecule has 1 aromatic heterocycles. The largest absolute Gasteiger partial charge is 0.477 e. The lowest BCUT2D eigenvalue weighted by Crippen LogP contribution is -2.26. The highest BCUT2D eigenvalue weighted by atomic mass is 32.2. The molecule has 6 nitrogen and oxygen atoms in total. The molecule has 0 aliphatic carbocycles. The predicted molar refractivity (Wildman–Crippen MR) is 69.7 cm³/mol. The Labute approximate surface area is 110 Å². The molecule has 0 spiro atoms. The van der Waals surface area contributed by atoms with Crippen LogP contribution >= 0.6 is 11.3 Å². The lowest BCUT2D eigenvalue weighted by molar-refractivity contribution is 0.0702. The van der Waals surface area contributed by atoms with E-state index in [1.165, 1.54) is 6.07 Å². The van der Waals surface area contributed by atoms with Crippen molar-refractivity contribution in [3.8, 4) is 0 Å². The molecule has 0 saturated carbocycles. The minimum atomic E-state index is -3.61. The smallest absolute Gasteiger partial charge is 0.345 e. The van der Waals surface area contributed by atoms with Gasteiger partial charge in [0.05, 0.1) is 4.90 Å². The van der Waals surface area contributed by atoms with Crippen molar-refractivity contribution in [3.05, 3.63) is 15.8 Å². The van der Waals surface area contributed by atoms with Gasteiger partial charge in [0.25, 0.3) is 0 Å². The summed E-state index contributed by atoms with van der Waals surface area (Å²) in [5.41, 5.74) is 0. The molecule has 102 valence electrons. The van der Waals surface area contributed by atoms with Gasteiger partial charge in [0.1, 0.15) is 4.88 Å². The van der Waals surface area contributed by atoms with Crippen LogP contribution in [0.4, 0.5) is 0 Å². The van der Waals surface area contributed by atoms with Crippen LogP contribution in [0.25, 0.3) is 0 Å². The van der Waals surface area contributed by atoms with Gasteiger partial charge in [-0.2, -0.15) is 0 Å². The third-order valence-electron chi connectivity index (χ3n) is 2.27. The third-order valence-corrected chi connectivity index (χ3v) is 5.02. The van der Waals surface area contributed by atoms with E-state index in [1.807, 2.05) is 0 Å². The van der Waals surface area contributed by atoms with Gasteiger partial charge >= 0.3 is 5.97 Å². The molecule has 8 heteroatoms. The highest BCUT2D eigenvalue weighted by Crippen LogP contribution is 2.25. The summed E-state index contributed by atoms with van der Waals surface area (Å²) < 4.78 is 26.3. The van der Waals surface area contributed by atoms with Gasteiger partial charge in [0.2, 0.25) is 10.0 Å². The molecule has 3 N–H and O–H groups in total. The van der Waals surface area contributed by atoms with Gasteiger partial charge in [-0.25, -0.2) is 17.9 Å². The average Bonchev–Trinajstić information content (AvgIpc) is 2.68. The number of hydrogen-bond acceptors (Lipinski definition) is 5. The molecule has 0 bridgehead atoms. The molecule has 0 atom stereocenters. The number of carboxylic acids is 1. The Morgan fingerprint density at radius 1 is 1.44 bits per heavy atom. The monoisotopic (exact) mass is 292 g/mol. The maximum absolute atomic E-state index is 11.9. The maximum Gasteiger partial charge on any atom is 0.345 e. The van der Waals surface area contributed by atoms with E-state index in [0.717, 1.165) is 11.3 Å². The molecule has 1 rings (SSSR count). The Kier molecular flexibility index (Phi) is 5.27. The zero-order valence-corrected chi connectivity index (χ0v) is 11.8. The van der Waals surface area contributed by atoms with Crippen molar-refractivity contribution >= 4 is 27.3 Å². The minimum Gasteiger partial charge on any atom is -0.477 e. The van der Waals surface area contributed by atoms with Gasteiger partial charge < -0.3 is 10.4 Å². The molecule has 0 unspecified atom stereocenters. The van der Waals surface area contributed by atoms with Crippen LogP contribution in [-0.2, 0) is 10.0 Å². The van der Waals surface area contributed by atoms with Gasteiger partial charge in [-0.05, 0) is 33.0 Å². The van der Waals surface area contributed by atoms with Crippen molar-refractivity contribution in [2.75, 3.05) is 20.1 Å². The molecular weight excluding hydrogens is 276 g/mol. The maximum atomic E-state index is 11.9. The summed E-state index contributed by atoms with van der Waals surface area (Å²) in [6.45, 7) is 2.63. The first-order valence-corrected chi connectivity index (χ1v) is 7.66. The van der Waals surface area contributed by atoms with Crippen molar-refractivity contribution in [2.24, 2.45) is 0 Å². The molecule has 0 aliphatic rings. The second-order valence-electron chi connectivity index (χ2n) is 3.69. The molecule has 18 heavy (non-hydrogen) atoms. The Morgan fingerprint density at radius 2 is 2.11 bits per heavy atom. The van der Waals surface area contributed by atoms with Gasteiger partial charge in [-0.1, -0.05) is 0 Å². The molecule has 0 fully saturated rings. The van der Waals surface area contributed by atoms with E-state index in [4.69, 9.17) is 5.11 Å². The van der Waals surface area contributed by atoms with Crippen LogP contribution in [0.5, 0.6) is 0 Å². The Hall–Kier alpha value is -0.960. The molecule has 1 aromatic rings. The quantitative estimate of drug-likeness (QED) is 0.641. The Bertz CT molecular complexity index is 522. The fourth-order valence-corrected chi connectivity index (χ4v) is 3.89. The van der Waals surface area contributed by atoms with Crippen molar-refractivity contribution in [2.45, 2.75) is 18.2 Å². The van der Waals surface area contributed by atoms with Crippen LogP contribution in [0.15, 0.2) is 11.0 Å². The summed E-state index contributed by atoms with van der Waals surface area (Å²) in [4.78, 5) is 11.3. The second kappa shape index (κ2) is 6.28. The van der Waals surface area contributed by atoms with Crippen LogP contribution in [-0.4, -0.2) is 39.6 Å². The number of thiophene rings is 1.